The van der Waals surface area contributed by atoms with Crippen molar-refractivity contribution in [2.24, 2.45) is 11.3 Å². The van der Waals surface area contributed by atoms with E-state index < -0.39 is 11.4 Å². The van der Waals surface area contributed by atoms with Crippen LogP contribution in [-0.2, 0) is 14.4 Å². The lowest BCUT2D eigenvalue weighted by Gasteiger charge is -2.18. The van der Waals surface area contributed by atoms with E-state index in [0.29, 0.717) is 13.0 Å². The van der Waals surface area contributed by atoms with E-state index in [9.17, 15) is 14.4 Å². The molecule has 0 spiro atoms. The van der Waals surface area contributed by atoms with Crippen LogP contribution in [0.4, 0.5) is 0 Å². The van der Waals surface area contributed by atoms with Crippen molar-refractivity contribution in [3.63, 3.8) is 0 Å². The fourth-order valence-corrected chi connectivity index (χ4v) is 1.35. The smallest absolute Gasteiger partial charge is 0.303 e. The van der Waals surface area contributed by atoms with Gasteiger partial charge in [0.1, 0.15) is 0 Å². The molecule has 0 aromatic heterocycles. The van der Waals surface area contributed by atoms with E-state index in [1.54, 1.807) is 20.8 Å². The second-order valence-corrected chi connectivity index (χ2v) is 5.61. The Kier molecular flexibility index (Phi) is 7.11. The lowest BCUT2D eigenvalue weighted by molar-refractivity contribution is -0.138. The molecule has 0 aliphatic heterocycles. The Morgan fingerprint density at radius 2 is 1.74 bits per heavy atom. The highest BCUT2D eigenvalue weighted by Gasteiger charge is 2.21. The van der Waals surface area contributed by atoms with Gasteiger partial charge in [-0.3, -0.25) is 14.4 Å². The van der Waals surface area contributed by atoms with E-state index >= 15 is 0 Å². The van der Waals surface area contributed by atoms with Crippen molar-refractivity contribution in [3.05, 3.63) is 0 Å². The molecule has 0 aromatic carbocycles. The number of hydrogen-bond donors (Lipinski definition) is 3. The minimum Gasteiger partial charge on any atom is -0.481 e. The number of aliphatic carboxylic acids is 1. The van der Waals surface area contributed by atoms with Gasteiger partial charge in [-0.1, -0.05) is 34.1 Å². The first-order valence-corrected chi connectivity index (χ1v) is 6.43. The van der Waals surface area contributed by atoms with Crippen molar-refractivity contribution in [3.8, 4) is 0 Å². The fourth-order valence-electron chi connectivity index (χ4n) is 1.35. The Labute approximate surface area is 113 Å². The van der Waals surface area contributed by atoms with Crippen LogP contribution in [0.2, 0.25) is 0 Å². The molecular formula is C13H24N2O4. The van der Waals surface area contributed by atoms with Crippen LogP contribution >= 0.6 is 0 Å². The van der Waals surface area contributed by atoms with Gasteiger partial charge in [-0.25, -0.2) is 0 Å². The quantitative estimate of drug-likeness (QED) is 0.637. The third-order valence-electron chi connectivity index (χ3n) is 2.72. The van der Waals surface area contributed by atoms with Crippen molar-refractivity contribution >= 4 is 17.8 Å². The third kappa shape index (κ3) is 8.18. The summed E-state index contributed by atoms with van der Waals surface area (Å²) in [5.41, 5.74) is -0.532. The Balaban J connectivity index is 3.99. The lowest BCUT2D eigenvalue weighted by atomic mass is 9.96. The lowest BCUT2D eigenvalue weighted by Crippen LogP contribution is -2.42. The minimum absolute atomic E-state index is 0.0329. The van der Waals surface area contributed by atoms with Gasteiger partial charge in [0.15, 0.2) is 0 Å². The van der Waals surface area contributed by atoms with E-state index in [1.165, 1.54) is 0 Å². The summed E-state index contributed by atoms with van der Waals surface area (Å²) < 4.78 is 0. The largest absolute Gasteiger partial charge is 0.481 e. The highest BCUT2D eigenvalue weighted by Crippen LogP contribution is 2.11. The molecule has 0 bridgehead atoms. The molecule has 1 unspecified atom stereocenters. The molecule has 0 saturated carbocycles. The maximum Gasteiger partial charge on any atom is 0.303 e. The molecule has 2 amide bonds. The first-order chi connectivity index (χ1) is 8.66. The van der Waals surface area contributed by atoms with Gasteiger partial charge in [-0.05, 0) is 5.92 Å². The van der Waals surface area contributed by atoms with Crippen molar-refractivity contribution in [2.75, 3.05) is 13.1 Å². The molecule has 1 atom stereocenters. The number of nitrogens with one attached hydrogen (secondary N) is 2. The molecule has 6 nitrogen and oxygen atoms in total. The Morgan fingerprint density at radius 1 is 1.16 bits per heavy atom. The van der Waals surface area contributed by atoms with E-state index in [0.717, 1.165) is 0 Å². The van der Waals surface area contributed by atoms with Crippen LogP contribution in [0.25, 0.3) is 0 Å². The van der Waals surface area contributed by atoms with Gasteiger partial charge in [-0.2, -0.15) is 0 Å². The number of carboxylic acid groups (broad SMARTS) is 1. The topological polar surface area (TPSA) is 95.5 Å². The predicted molar refractivity (Wildman–Crippen MR) is 71.5 cm³/mol. The first kappa shape index (κ1) is 17.4. The van der Waals surface area contributed by atoms with Gasteiger partial charge >= 0.3 is 5.97 Å². The summed E-state index contributed by atoms with van der Waals surface area (Å²) in [6.07, 6.45) is 0.714. The molecule has 0 radical (unpaired) electrons. The maximum atomic E-state index is 11.5. The number of amides is 2. The second kappa shape index (κ2) is 7.76. The zero-order valence-electron chi connectivity index (χ0n) is 12.1. The Morgan fingerprint density at radius 3 is 2.16 bits per heavy atom. The molecule has 6 heteroatoms. The van der Waals surface area contributed by atoms with Crippen LogP contribution in [-0.4, -0.2) is 36.0 Å². The molecule has 0 heterocycles. The van der Waals surface area contributed by atoms with E-state index in [4.69, 9.17) is 5.11 Å². The maximum absolute atomic E-state index is 11.5. The van der Waals surface area contributed by atoms with E-state index in [-0.39, 0.29) is 30.7 Å². The molecule has 3 N–H and O–H groups in total. The molecule has 19 heavy (non-hydrogen) atoms. The highest BCUT2D eigenvalue weighted by atomic mass is 16.4. The number of rotatable bonds is 7. The summed E-state index contributed by atoms with van der Waals surface area (Å²) in [5, 5.41) is 13.8. The van der Waals surface area contributed by atoms with Crippen molar-refractivity contribution in [1.82, 2.24) is 10.6 Å². The van der Waals surface area contributed by atoms with Gasteiger partial charge in [0.05, 0.1) is 6.54 Å². The van der Waals surface area contributed by atoms with Gasteiger partial charge in [-0.15, -0.1) is 0 Å². The van der Waals surface area contributed by atoms with Crippen molar-refractivity contribution in [1.29, 1.82) is 0 Å². The average Bonchev–Trinajstić information content (AvgIpc) is 2.29. The van der Waals surface area contributed by atoms with Crippen LogP contribution in [0.15, 0.2) is 0 Å². The Hall–Kier alpha value is -1.59. The van der Waals surface area contributed by atoms with Crippen LogP contribution in [0.3, 0.4) is 0 Å². The van der Waals surface area contributed by atoms with Gasteiger partial charge in [0, 0.05) is 18.4 Å². The van der Waals surface area contributed by atoms with E-state index in [1.807, 2.05) is 6.92 Å². The standard InChI is InChI=1S/C13H24N2O4/c1-5-9(6-11(17)18)7-14-10(16)8-15-12(19)13(2,3)4/h9H,5-8H2,1-4H3,(H,14,16)(H,15,19)(H,17,18). The van der Waals surface area contributed by atoms with Gasteiger partial charge in [0.2, 0.25) is 11.8 Å². The summed E-state index contributed by atoms with van der Waals surface area (Å²) in [4.78, 5) is 33.6. The fraction of sp³-hybridized carbons (Fsp3) is 0.769. The van der Waals surface area contributed by atoms with Crippen molar-refractivity contribution in [2.45, 2.75) is 40.5 Å². The average molecular weight is 272 g/mol. The van der Waals surface area contributed by atoms with Crippen molar-refractivity contribution < 1.29 is 19.5 Å². The second-order valence-electron chi connectivity index (χ2n) is 5.61. The van der Waals surface area contributed by atoms with E-state index in [2.05, 4.69) is 10.6 Å². The molecule has 0 saturated heterocycles. The minimum atomic E-state index is -0.873. The summed E-state index contributed by atoms with van der Waals surface area (Å²) in [7, 11) is 0. The molecule has 110 valence electrons. The normalized spacial score (nSPS) is 12.6. The van der Waals surface area contributed by atoms with Crippen LogP contribution < -0.4 is 10.6 Å². The summed E-state index contributed by atoms with van der Waals surface area (Å²) >= 11 is 0. The molecule has 0 aliphatic rings. The number of carbonyl (C=O) groups is 3. The van der Waals surface area contributed by atoms with Crippen LogP contribution in [0.1, 0.15) is 40.5 Å². The third-order valence-corrected chi connectivity index (χ3v) is 2.72. The van der Waals surface area contributed by atoms with Gasteiger partial charge < -0.3 is 15.7 Å². The first-order valence-electron chi connectivity index (χ1n) is 6.43. The number of carbonyl (C=O) groups excluding carboxylic acids is 2. The number of carboxylic acids is 1. The predicted octanol–water partition coefficient (Wildman–Crippen LogP) is 0.766. The van der Waals surface area contributed by atoms with Crippen LogP contribution in [0, 0.1) is 11.3 Å². The molecule has 0 fully saturated rings. The summed E-state index contributed by atoms with van der Waals surface area (Å²) in [6.45, 7) is 7.40. The SMILES string of the molecule is CCC(CNC(=O)CNC(=O)C(C)(C)C)CC(=O)O. The highest BCUT2D eigenvalue weighted by molar-refractivity contribution is 5.87. The molecule has 0 aromatic rings. The molecule has 0 rings (SSSR count). The molecule has 0 aliphatic carbocycles. The van der Waals surface area contributed by atoms with Gasteiger partial charge in [0.25, 0.3) is 0 Å². The number of hydrogen-bond acceptors (Lipinski definition) is 3. The Bertz CT molecular complexity index is 334. The zero-order chi connectivity index (χ0) is 15.1. The summed E-state index contributed by atoms with van der Waals surface area (Å²) in [6, 6.07) is 0. The zero-order valence-corrected chi connectivity index (χ0v) is 12.1. The molecular weight excluding hydrogens is 248 g/mol. The monoisotopic (exact) mass is 272 g/mol. The van der Waals surface area contributed by atoms with Crippen LogP contribution in [0.5, 0.6) is 0 Å². The summed E-state index contributed by atoms with van der Waals surface area (Å²) in [5.74, 6) is -1.46.